The second kappa shape index (κ2) is 9.79. The topological polar surface area (TPSA) is 95.9 Å². The molecule has 192 valence electrons. The largest absolute Gasteiger partial charge is 0.444 e. The lowest BCUT2D eigenvalue weighted by Gasteiger charge is -2.29. The van der Waals surface area contributed by atoms with E-state index in [1.165, 1.54) is 24.3 Å². The number of nitrogens with zero attached hydrogens (tertiary/aromatic N) is 1. The van der Waals surface area contributed by atoms with E-state index < -0.39 is 51.5 Å². The molecule has 1 aliphatic rings. The van der Waals surface area contributed by atoms with Crippen LogP contribution < -0.4 is 5.32 Å². The van der Waals surface area contributed by atoms with Crippen LogP contribution >= 0.6 is 0 Å². The number of aliphatic hydroxyl groups excluding tert-OH is 1. The molecule has 3 atom stereocenters. The number of alkyl halides is 3. The number of sulfonamides is 1. The van der Waals surface area contributed by atoms with Gasteiger partial charge in [0.25, 0.3) is 0 Å². The molecule has 2 aromatic rings. The van der Waals surface area contributed by atoms with Gasteiger partial charge in [0, 0.05) is 19.0 Å². The summed E-state index contributed by atoms with van der Waals surface area (Å²) >= 11 is 0. The van der Waals surface area contributed by atoms with Gasteiger partial charge in [0.15, 0.2) is 0 Å². The number of halogens is 3. The summed E-state index contributed by atoms with van der Waals surface area (Å²) in [7, 11) is -3.94. The second-order valence-electron chi connectivity index (χ2n) is 9.61. The molecule has 11 heteroatoms. The summed E-state index contributed by atoms with van der Waals surface area (Å²) in [5.74, 6) is -0.834. The molecule has 7 nitrogen and oxygen atoms in total. The number of β-amino-alcohol motifs (C(OH)–C–C–N with tert-alkyl or cyclic N) is 1. The Hall–Kier alpha value is -2.63. The van der Waals surface area contributed by atoms with Crippen LogP contribution in [0.2, 0.25) is 0 Å². The molecule has 0 radical (unpaired) electrons. The molecule has 1 saturated heterocycles. The normalized spacial score (nSPS) is 20.5. The van der Waals surface area contributed by atoms with Gasteiger partial charge in [0.05, 0.1) is 22.6 Å². The van der Waals surface area contributed by atoms with Crippen LogP contribution in [-0.2, 0) is 20.9 Å². The summed E-state index contributed by atoms with van der Waals surface area (Å²) in [5.41, 5.74) is -0.549. The summed E-state index contributed by atoms with van der Waals surface area (Å²) in [6, 6.07) is 9.41. The smallest absolute Gasteiger partial charge is 0.416 e. The minimum atomic E-state index is -4.54. The molecular formula is C24H29F3N2O5S. The fourth-order valence-corrected chi connectivity index (χ4v) is 5.41. The zero-order chi connectivity index (χ0) is 26.2. The van der Waals surface area contributed by atoms with E-state index in [-0.39, 0.29) is 23.5 Å². The molecule has 0 saturated carbocycles. The van der Waals surface area contributed by atoms with Crippen LogP contribution in [0.1, 0.15) is 43.5 Å². The third-order valence-corrected chi connectivity index (χ3v) is 7.50. The van der Waals surface area contributed by atoms with Gasteiger partial charge in [-0.1, -0.05) is 29.8 Å². The van der Waals surface area contributed by atoms with E-state index in [1.807, 2.05) is 6.92 Å². The molecule has 35 heavy (non-hydrogen) atoms. The summed E-state index contributed by atoms with van der Waals surface area (Å²) < 4.78 is 71.8. The monoisotopic (exact) mass is 514 g/mol. The molecule has 0 aliphatic carbocycles. The number of aliphatic hydroxyl groups is 1. The average Bonchev–Trinajstić information content (AvgIpc) is 3.13. The zero-order valence-electron chi connectivity index (χ0n) is 19.8. The molecule has 0 spiro atoms. The molecular weight excluding hydrogens is 485 g/mol. The first-order valence-corrected chi connectivity index (χ1v) is 12.4. The van der Waals surface area contributed by atoms with Crippen LogP contribution in [0.15, 0.2) is 53.4 Å². The van der Waals surface area contributed by atoms with E-state index in [2.05, 4.69) is 5.32 Å². The van der Waals surface area contributed by atoms with E-state index in [0.717, 1.165) is 22.0 Å². The number of aryl methyl sites for hydroxylation is 1. The summed E-state index contributed by atoms with van der Waals surface area (Å²) in [4.78, 5) is 12.6. The molecule has 0 aromatic heterocycles. The Morgan fingerprint density at radius 3 is 2.14 bits per heavy atom. The SMILES string of the molecule is Cc1ccc(S(=O)(=O)N2C[C@@H](O)[C@H](C(NC(=O)OC(C)(C)C)c3ccc(C(F)(F)F)cc3)C2)cc1. The molecule has 0 bridgehead atoms. The quantitative estimate of drug-likeness (QED) is 0.622. The number of hydrogen-bond acceptors (Lipinski definition) is 5. The fourth-order valence-electron chi connectivity index (χ4n) is 3.91. The Labute approximate surface area is 202 Å². The van der Waals surface area contributed by atoms with Crippen molar-refractivity contribution in [2.24, 2.45) is 5.92 Å². The van der Waals surface area contributed by atoms with Crippen molar-refractivity contribution in [3.8, 4) is 0 Å². The first-order chi connectivity index (χ1) is 16.1. The maximum atomic E-state index is 13.1. The first kappa shape index (κ1) is 27.0. The van der Waals surface area contributed by atoms with Crippen LogP contribution in [0.3, 0.4) is 0 Å². The highest BCUT2D eigenvalue weighted by Crippen LogP contribution is 2.36. The van der Waals surface area contributed by atoms with E-state index in [4.69, 9.17) is 4.74 Å². The van der Waals surface area contributed by atoms with Crippen molar-refractivity contribution < 1.29 is 36.2 Å². The first-order valence-electron chi connectivity index (χ1n) is 11.0. The molecule has 1 fully saturated rings. The number of carbonyl (C=O) groups is 1. The van der Waals surface area contributed by atoms with Crippen molar-refractivity contribution in [3.05, 3.63) is 65.2 Å². The fraction of sp³-hybridized carbons (Fsp3) is 0.458. The predicted molar refractivity (Wildman–Crippen MR) is 123 cm³/mol. The molecule has 1 heterocycles. The van der Waals surface area contributed by atoms with Crippen LogP contribution in [0, 0.1) is 12.8 Å². The van der Waals surface area contributed by atoms with Gasteiger partial charge < -0.3 is 15.2 Å². The predicted octanol–water partition coefficient (Wildman–Crippen LogP) is 4.26. The van der Waals surface area contributed by atoms with Crippen molar-refractivity contribution in [1.29, 1.82) is 0 Å². The number of nitrogens with one attached hydrogen (secondary N) is 1. The van der Waals surface area contributed by atoms with Gasteiger partial charge in [-0.2, -0.15) is 17.5 Å². The maximum Gasteiger partial charge on any atom is 0.416 e. The molecule has 3 rings (SSSR count). The lowest BCUT2D eigenvalue weighted by molar-refractivity contribution is -0.137. The van der Waals surface area contributed by atoms with Crippen LogP contribution in [-0.4, -0.2) is 48.7 Å². The van der Waals surface area contributed by atoms with E-state index in [0.29, 0.717) is 0 Å². The second-order valence-corrected chi connectivity index (χ2v) is 11.5. The maximum absolute atomic E-state index is 13.1. The molecule has 1 aliphatic heterocycles. The number of hydrogen-bond donors (Lipinski definition) is 2. The molecule has 2 N–H and O–H groups in total. The van der Waals surface area contributed by atoms with E-state index in [1.54, 1.807) is 32.9 Å². The lowest BCUT2D eigenvalue weighted by Crippen LogP contribution is -2.41. The minimum absolute atomic E-state index is 0.0575. The van der Waals surface area contributed by atoms with Crippen molar-refractivity contribution in [3.63, 3.8) is 0 Å². The van der Waals surface area contributed by atoms with Gasteiger partial charge >= 0.3 is 12.3 Å². The number of alkyl carbamates (subject to hydrolysis) is 1. The van der Waals surface area contributed by atoms with Crippen LogP contribution in [0.4, 0.5) is 18.0 Å². The average molecular weight is 515 g/mol. The van der Waals surface area contributed by atoms with Crippen molar-refractivity contribution in [2.75, 3.05) is 13.1 Å². The van der Waals surface area contributed by atoms with Crippen LogP contribution in [0.25, 0.3) is 0 Å². The number of rotatable bonds is 5. The standard InChI is InChI=1S/C24H29F3N2O5S/c1-15-5-11-18(12-6-15)35(32,33)29-13-19(20(30)14-29)21(28-22(31)34-23(2,3)4)16-7-9-17(10-8-16)24(25,26)27/h5-12,19-21,30H,13-14H2,1-4H3,(H,28,31)/t19-,20-,21?/m1/s1. The molecule has 2 aromatic carbocycles. The van der Waals surface area contributed by atoms with E-state index >= 15 is 0 Å². The Balaban J connectivity index is 1.92. The highest BCUT2D eigenvalue weighted by Gasteiger charge is 2.43. The third kappa shape index (κ3) is 6.53. The molecule has 1 unspecified atom stereocenters. The van der Waals surface area contributed by atoms with Crippen molar-refractivity contribution in [1.82, 2.24) is 9.62 Å². The van der Waals surface area contributed by atoms with Gasteiger partial charge in [0.1, 0.15) is 5.60 Å². The summed E-state index contributed by atoms with van der Waals surface area (Å²) in [6.07, 6.45) is -6.56. The molecule has 1 amide bonds. The minimum Gasteiger partial charge on any atom is -0.444 e. The number of ether oxygens (including phenoxy) is 1. The van der Waals surface area contributed by atoms with Crippen LogP contribution in [0.5, 0.6) is 0 Å². The lowest BCUT2D eigenvalue weighted by atomic mass is 9.90. The Morgan fingerprint density at radius 2 is 1.63 bits per heavy atom. The summed E-state index contributed by atoms with van der Waals surface area (Å²) in [5, 5.41) is 13.4. The van der Waals surface area contributed by atoms with Gasteiger partial charge in [-0.25, -0.2) is 13.2 Å². The number of carbonyl (C=O) groups excluding carboxylic acids is 1. The zero-order valence-corrected chi connectivity index (χ0v) is 20.7. The van der Waals surface area contributed by atoms with E-state index in [9.17, 15) is 31.5 Å². The highest BCUT2D eigenvalue weighted by molar-refractivity contribution is 7.89. The number of amides is 1. The van der Waals surface area contributed by atoms with Gasteiger partial charge in [-0.15, -0.1) is 0 Å². The Kier molecular flexibility index (Phi) is 7.54. The number of benzene rings is 2. The highest BCUT2D eigenvalue weighted by atomic mass is 32.2. The van der Waals surface area contributed by atoms with Crippen molar-refractivity contribution in [2.45, 2.75) is 56.5 Å². The van der Waals surface area contributed by atoms with Gasteiger partial charge in [-0.05, 0) is 57.5 Å². The third-order valence-electron chi connectivity index (χ3n) is 5.66. The summed E-state index contributed by atoms with van der Waals surface area (Å²) in [6.45, 7) is 6.40. The van der Waals surface area contributed by atoms with Gasteiger partial charge in [-0.3, -0.25) is 0 Å². The Morgan fingerprint density at radius 1 is 1.06 bits per heavy atom. The van der Waals surface area contributed by atoms with Crippen molar-refractivity contribution >= 4 is 16.1 Å². The Bertz CT molecular complexity index is 1140. The van der Waals surface area contributed by atoms with Gasteiger partial charge in [0.2, 0.25) is 10.0 Å².